The first-order valence-corrected chi connectivity index (χ1v) is 13.3. The van der Waals surface area contributed by atoms with Gasteiger partial charge in [0.25, 0.3) is 5.91 Å². The van der Waals surface area contributed by atoms with E-state index in [0.29, 0.717) is 13.1 Å². The standard InChI is InChI=1S/C30H28BrN3O2/c1-30-28-27(23-11-5-6-12-25(23)32-28)24(21-13-15-22(31)16-14-21)18-34(30)26(35)19-33(29(30)36)17-7-10-20-8-3-2-4-9-20/h2-6,8-9,11-16,24,32H,7,10,17-19H2,1H3/t24-,30-/m0/s1. The highest BCUT2D eigenvalue weighted by molar-refractivity contribution is 9.10. The van der Waals surface area contributed by atoms with Crippen LogP contribution in [0, 0.1) is 0 Å². The van der Waals surface area contributed by atoms with E-state index in [1.165, 1.54) is 5.56 Å². The summed E-state index contributed by atoms with van der Waals surface area (Å²) >= 11 is 3.54. The first-order chi connectivity index (χ1) is 17.5. The third-order valence-corrected chi connectivity index (χ3v) is 8.35. The summed E-state index contributed by atoms with van der Waals surface area (Å²) < 4.78 is 1.02. The number of carbonyl (C=O) groups excluding carboxylic acids is 2. The summed E-state index contributed by atoms with van der Waals surface area (Å²) in [5.74, 6) is -0.0147. The van der Waals surface area contributed by atoms with Gasteiger partial charge in [0, 0.05) is 34.4 Å². The van der Waals surface area contributed by atoms with Gasteiger partial charge in [0.2, 0.25) is 5.91 Å². The zero-order chi connectivity index (χ0) is 24.9. The average molecular weight is 542 g/mol. The number of halogens is 1. The maximum Gasteiger partial charge on any atom is 0.254 e. The summed E-state index contributed by atoms with van der Waals surface area (Å²) in [5.41, 5.74) is 4.29. The molecule has 0 spiro atoms. The second-order valence-corrected chi connectivity index (χ2v) is 10.9. The number of benzene rings is 3. The summed E-state index contributed by atoms with van der Waals surface area (Å²) in [6, 6.07) is 26.8. The lowest BCUT2D eigenvalue weighted by Gasteiger charge is -2.51. The van der Waals surface area contributed by atoms with Crippen molar-refractivity contribution < 1.29 is 9.59 Å². The molecule has 182 valence electrons. The van der Waals surface area contributed by atoms with Crippen molar-refractivity contribution in [1.29, 1.82) is 0 Å². The smallest absolute Gasteiger partial charge is 0.254 e. The molecule has 1 saturated heterocycles. The van der Waals surface area contributed by atoms with E-state index < -0.39 is 5.54 Å². The summed E-state index contributed by atoms with van der Waals surface area (Å²) in [6.45, 7) is 3.10. The fourth-order valence-electron chi connectivity index (χ4n) is 5.97. The van der Waals surface area contributed by atoms with Crippen molar-refractivity contribution in [2.24, 2.45) is 0 Å². The van der Waals surface area contributed by atoms with E-state index in [0.717, 1.165) is 45.0 Å². The molecule has 6 rings (SSSR count). The van der Waals surface area contributed by atoms with E-state index in [2.05, 4.69) is 51.2 Å². The van der Waals surface area contributed by atoms with Gasteiger partial charge in [-0.3, -0.25) is 9.59 Å². The molecule has 0 radical (unpaired) electrons. The molecule has 6 heteroatoms. The van der Waals surface area contributed by atoms with Crippen molar-refractivity contribution >= 4 is 38.6 Å². The van der Waals surface area contributed by atoms with Crippen molar-refractivity contribution in [3.05, 3.63) is 106 Å². The van der Waals surface area contributed by atoms with E-state index in [1.807, 2.05) is 60.4 Å². The number of hydrogen-bond donors (Lipinski definition) is 1. The van der Waals surface area contributed by atoms with Crippen LogP contribution in [0.15, 0.2) is 83.3 Å². The first-order valence-electron chi connectivity index (χ1n) is 12.5. The summed E-state index contributed by atoms with van der Waals surface area (Å²) in [7, 11) is 0. The number of aromatic nitrogens is 1. The van der Waals surface area contributed by atoms with Gasteiger partial charge in [-0.1, -0.05) is 76.6 Å². The Bertz CT molecular complexity index is 1450. The Hall–Kier alpha value is -3.38. The fraction of sp³-hybridized carbons (Fsp3) is 0.267. The second-order valence-electron chi connectivity index (χ2n) is 9.96. The number of aromatic amines is 1. The van der Waals surface area contributed by atoms with Crippen LogP contribution >= 0.6 is 15.9 Å². The molecule has 4 aromatic rings. The fourth-order valence-corrected chi connectivity index (χ4v) is 6.23. The number of H-pyrrole nitrogens is 1. The molecule has 3 heterocycles. The quantitative estimate of drug-likeness (QED) is 0.357. The van der Waals surface area contributed by atoms with E-state index in [4.69, 9.17) is 0 Å². The largest absolute Gasteiger partial charge is 0.356 e. The van der Waals surface area contributed by atoms with Crippen molar-refractivity contribution in [2.45, 2.75) is 31.2 Å². The number of hydrogen-bond acceptors (Lipinski definition) is 2. The monoisotopic (exact) mass is 541 g/mol. The number of nitrogens with zero attached hydrogens (tertiary/aromatic N) is 2. The van der Waals surface area contributed by atoms with Crippen LogP contribution in [-0.4, -0.2) is 46.2 Å². The summed E-state index contributed by atoms with van der Waals surface area (Å²) in [5, 5.41) is 1.11. The summed E-state index contributed by atoms with van der Waals surface area (Å²) in [6.07, 6.45) is 1.70. The van der Waals surface area contributed by atoms with E-state index in [1.54, 1.807) is 4.90 Å². The zero-order valence-corrected chi connectivity index (χ0v) is 21.8. The number of amides is 2. The molecule has 2 amide bonds. The maximum absolute atomic E-state index is 14.1. The third kappa shape index (κ3) is 3.66. The molecule has 2 aliphatic rings. The van der Waals surface area contributed by atoms with Gasteiger partial charge in [-0.25, -0.2) is 0 Å². The molecule has 0 unspecified atom stereocenters. The average Bonchev–Trinajstić information content (AvgIpc) is 3.29. The maximum atomic E-state index is 14.1. The van der Waals surface area contributed by atoms with Crippen LogP contribution in [0.2, 0.25) is 0 Å². The molecule has 0 saturated carbocycles. The molecule has 1 aromatic heterocycles. The Morgan fingerprint density at radius 1 is 0.972 bits per heavy atom. The van der Waals surface area contributed by atoms with Gasteiger partial charge >= 0.3 is 0 Å². The van der Waals surface area contributed by atoms with Crippen molar-refractivity contribution in [1.82, 2.24) is 14.8 Å². The number of carbonyl (C=O) groups is 2. The number of piperazine rings is 1. The van der Waals surface area contributed by atoms with Gasteiger partial charge in [-0.15, -0.1) is 0 Å². The third-order valence-electron chi connectivity index (χ3n) is 7.83. The van der Waals surface area contributed by atoms with Crippen LogP contribution in [0.3, 0.4) is 0 Å². The van der Waals surface area contributed by atoms with Crippen molar-refractivity contribution in [2.75, 3.05) is 19.6 Å². The lowest BCUT2D eigenvalue weighted by molar-refractivity contribution is -0.166. The van der Waals surface area contributed by atoms with Gasteiger partial charge in [0.15, 0.2) is 5.54 Å². The molecule has 1 fully saturated rings. The summed E-state index contributed by atoms with van der Waals surface area (Å²) in [4.78, 5) is 34.8. The van der Waals surface area contributed by atoms with Crippen molar-refractivity contribution in [3.63, 3.8) is 0 Å². The number of para-hydroxylation sites is 1. The number of nitrogens with one attached hydrogen (secondary N) is 1. The Kier molecular flexibility index (Phi) is 5.72. The SMILES string of the molecule is C[C@]12C(=O)N(CCCc3ccccc3)CC(=O)N1C[C@@H](c1ccc(Br)cc1)c1c2[nH]c2ccccc12. The molecule has 0 bridgehead atoms. The zero-order valence-electron chi connectivity index (χ0n) is 20.2. The molecule has 2 aliphatic heterocycles. The first kappa shape index (κ1) is 23.0. The molecule has 2 atom stereocenters. The van der Waals surface area contributed by atoms with Gasteiger partial charge in [0.1, 0.15) is 0 Å². The highest BCUT2D eigenvalue weighted by atomic mass is 79.9. The van der Waals surface area contributed by atoms with Crippen LogP contribution in [0.25, 0.3) is 10.9 Å². The predicted molar refractivity (Wildman–Crippen MR) is 145 cm³/mol. The Balaban J connectivity index is 1.39. The highest BCUT2D eigenvalue weighted by Crippen LogP contribution is 2.48. The molecule has 3 aromatic carbocycles. The number of fused-ring (bicyclic) bond motifs is 5. The van der Waals surface area contributed by atoms with Gasteiger partial charge in [-0.2, -0.15) is 0 Å². The molecular formula is C30H28BrN3O2. The van der Waals surface area contributed by atoms with Gasteiger partial charge < -0.3 is 14.8 Å². The van der Waals surface area contributed by atoms with Crippen LogP contribution < -0.4 is 0 Å². The normalized spacial score (nSPS) is 21.6. The van der Waals surface area contributed by atoms with Crippen molar-refractivity contribution in [3.8, 4) is 0 Å². The number of rotatable bonds is 5. The predicted octanol–water partition coefficient (Wildman–Crippen LogP) is 5.59. The molecule has 36 heavy (non-hydrogen) atoms. The second kappa shape index (κ2) is 8.93. The minimum atomic E-state index is -1.05. The Labute approximate surface area is 219 Å². The minimum Gasteiger partial charge on any atom is -0.356 e. The molecule has 0 aliphatic carbocycles. The molecular weight excluding hydrogens is 514 g/mol. The lowest BCUT2D eigenvalue weighted by atomic mass is 9.76. The van der Waals surface area contributed by atoms with E-state index >= 15 is 0 Å². The topological polar surface area (TPSA) is 56.4 Å². The van der Waals surface area contributed by atoms with Crippen LogP contribution in [-0.2, 0) is 21.5 Å². The minimum absolute atomic E-state index is 0.00257. The molecule has 1 N–H and O–H groups in total. The van der Waals surface area contributed by atoms with Crippen LogP contribution in [0.5, 0.6) is 0 Å². The van der Waals surface area contributed by atoms with Crippen LogP contribution in [0.1, 0.15) is 41.6 Å². The van der Waals surface area contributed by atoms with Crippen LogP contribution in [0.4, 0.5) is 0 Å². The molecule has 5 nitrogen and oxygen atoms in total. The number of aryl methyl sites for hydroxylation is 1. The Morgan fingerprint density at radius 3 is 2.47 bits per heavy atom. The van der Waals surface area contributed by atoms with Gasteiger partial charge in [-0.05, 0) is 54.7 Å². The lowest BCUT2D eigenvalue weighted by Crippen LogP contribution is -2.67. The highest BCUT2D eigenvalue weighted by Gasteiger charge is 2.56. The Morgan fingerprint density at radius 2 is 1.69 bits per heavy atom. The van der Waals surface area contributed by atoms with Gasteiger partial charge in [0.05, 0.1) is 12.2 Å². The van der Waals surface area contributed by atoms with E-state index in [-0.39, 0.29) is 24.3 Å². The van der Waals surface area contributed by atoms with E-state index in [9.17, 15) is 9.59 Å².